The fourth-order valence-corrected chi connectivity index (χ4v) is 1.79. The number of rotatable bonds is 5. The molecule has 0 aromatic carbocycles. The zero-order chi connectivity index (χ0) is 14.0. The Balaban J connectivity index is 2.40. The predicted molar refractivity (Wildman–Crippen MR) is 65.4 cm³/mol. The van der Waals surface area contributed by atoms with Crippen molar-refractivity contribution < 1.29 is 15.0 Å². The van der Waals surface area contributed by atoms with Crippen LogP contribution in [-0.4, -0.2) is 42.3 Å². The highest BCUT2D eigenvalue weighted by atomic mass is 16.4. The fraction of sp³-hybridized carbons (Fsp3) is 0.400. The van der Waals surface area contributed by atoms with E-state index in [0.29, 0.717) is 0 Å². The Morgan fingerprint density at radius 2 is 2.32 bits per heavy atom. The molecule has 0 aliphatic rings. The van der Waals surface area contributed by atoms with Crippen LogP contribution in [0.25, 0.3) is 11.2 Å². The molecule has 0 amide bonds. The van der Waals surface area contributed by atoms with Crippen molar-refractivity contribution in [1.29, 1.82) is 0 Å². The van der Waals surface area contributed by atoms with Gasteiger partial charge in [-0.05, 0) is 6.42 Å². The van der Waals surface area contributed by atoms with E-state index >= 15 is 0 Å². The largest absolute Gasteiger partial charge is 0.481 e. The fourth-order valence-electron chi connectivity index (χ4n) is 1.79. The summed E-state index contributed by atoms with van der Waals surface area (Å²) in [5, 5.41) is 17.9. The van der Waals surface area contributed by atoms with Gasteiger partial charge in [0.25, 0.3) is 5.56 Å². The average molecular weight is 267 g/mol. The number of imidazole rings is 1. The minimum atomic E-state index is -1.03. The van der Waals surface area contributed by atoms with Crippen LogP contribution in [0, 0.1) is 5.92 Å². The van der Waals surface area contributed by atoms with E-state index in [-0.39, 0.29) is 36.7 Å². The normalized spacial score (nSPS) is 12.7. The summed E-state index contributed by atoms with van der Waals surface area (Å²) >= 11 is 0. The van der Waals surface area contributed by atoms with Crippen LogP contribution < -0.4 is 11.3 Å². The molecule has 2 aromatic rings. The second-order valence-corrected chi connectivity index (χ2v) is 4.07. The molecule has 2 heterocycles. The number of H-pyrrole nitrogens is 1. The molecule has 0 saturated heterocycles. The summed E-state index contributed by atoms with van der Waals surface area (Å²) < 4.78 is 1.44. The van der Waals surface area contributed by atoms with Crippen LogP contribution in [0.2, 0.25) is 0 Å². The Morgan fingerprint density at radius 3 is 2.95 bits per heavy atom. The van der Waals surface area contributed by atoms with Gasteiger partial charge in [-0.1, -0.05) is 0 Å². The molecule has 9 heteroatoms. The van der Waals surface area contributed by atoms with Crippen LogP contribution in [0.5, 0.6) is 0 Å². The third kappa shape index (κ3) is 2.55. The molecule has 1 unspecified atom stereocenters. The van der Waals surface area contributed by atoms with Crippen LogP contribution in [0.3, 0.4) is 0 Å². The topological polar surface area (TPSA) is 147 Å². The van der Waals surface area contributed by atoms with Crippen LogP contribution in [0.1, 0.15) is 6.42 Å². The molecular formula is C10H13N5O4. The number of nitrogens with two attached hydrogens (primary N) is 1. The quantitative estimate of drug-likeness (QED) is 0.531. The standard InChI is InChI=1S/C10H13N5O4/c11-10-13-7-6(8(17)14-10)12-4-15(7)3-5(1-2-16)9(18)19/h4-5,16H,1-3H2,(H,18,19)(H3,11,13,14,17). The predicted octanol–water partition coefficient (Wildman–Crippen LogP) is -1.22. The smallest absolute Gasteiger partial charge is 0.308 e. The van der Waals surface area contributed by atoms with Gasteiger partial charge < -0.3 is 20.5 Å². The van der Waals surface area contributed by atoms with Crippen molar-refractivity contribution in [2.75, 3.05) is 12.3 Å². The number of nitrogens with one attached hydrogen (secondary N) is 1. The number of aliphatic hydroxyl groups excluding tert-OH is 1. The third-order valence-corrected chi connectivity index (χ3v) is 2.74. The van der Waals surface area contributed by atoms with Gasteiger partial charge in [0, 0.05) is 13.2 Å². The lowest BCUT2D eigenvalue weighted by molar-refractivity contribution is -0.142. The first-order valence-electron chi connectivity index (χ1n) is 5.57. The van der Waals surface area contributed by atoms with Crippen molar-refractivity contribution in [3.63, 3.8) is 0 Å². The molecule has 0 aliphatic carbocycles. The third-order valence-electron chi connectivity index (χ3n) is 2.74. The molecule has 0 radical (unpaired) electrons. The summed E-state index contributed by atoms with van der Waals surface area (Å²) in [6.07, 6.45) is 1.44. The van der Waals surface area contributed by atoms with Crippen molar-refractivity contribution in [1.82, 2.24) is 19.5 Å². The number of carboxylic acid groups (broad SMARTS) is 1. The number of carbonyl (C=O) groups is 1. The highest BCUT2D eigenvalue weighted by Crippen LogP contribution is 2.12. The molecule has 2 rings (SSSR count). The second-order valence-electron chi connectivity index (χ2n) is 4.07. The average Bonchev–Trinajstić information content (AvgIpc) is 2.72. The van der Waals surface area contributed by atoms with Gasteiger partial charge in [0.1, 0.15) is 0 Å². The Labute approximate surface area is 106 Å². The number of hydrogen-bond donors (Lipinski definition) is 4. The first kappa shape index (κ1) is 13.0. The maximum absolute atomic E-state index is 11.6. The van der Waals surface area contributed by atoms with E-state index in [9.17, 15) is 9.59 Å². The van der Waals surface area contributed by atoms with Crippen molar-refractivity contribution in [3.8, 4) is 0 Å². The number of nitrogen functional groups attached to an aromatic ring is 1. The molecule has 102 valence electrons. The molecule has 1 atom stereocenters. The SMILES string of the molecule is Nc1nc2c(ncn2CC(CCO)C(=O)O)c(=O)[nH]1. The van der Waals surface area contributed by atoms with Crippen LogP contribution in [-0.2, 0) is 11.3 Å². The number of anilines is 1. The molecule has 0 aliphatic heterocycles. The molecule has 5 N–H and O–H groups in total. The van der Waals surface area contributed by atoms with Gasteiger partial charge in [0.15, 0.2) is 11.2 Å². The Bertz CT molecular complexity index is 661. The van der Waals surface area contributed by atoms with E-state index in [1.807, 2.05) is 0 Å². The van der Waals surface area contributed by atoms with Crippen LogP contribution in [0.15, 0.2) is 11.1 Å². The number of nitrogens with zero attached hydrogens (tertiary/aromatic N) is 3. The number of hydrogen-bond acceptors (Lipinski definition) is 6. The zero-order valence-electron chi connectivity index (χ0n) is 9.91. The minimum absolute atomic E-state index is 0.0578. The lowest BCUT2D eigenvalue weighted by Crippen LogP contribution is -2.21. The number of carboxylic acids is 1. The summed E-state index contributed by atoms with van der Waals surface area (Å²) in [7, 11) is 0. The van der Waals surface area contributed by atoms with Gasteiger partial charge in [0.05, 0.1) is 12.2 Å². The molecule has 2 aromatic heterocycles. The van der Waals surface area contributed by atoms with Crippen molar-refractivity contribution in [2.24, 2.45) is 5.92 Å². The summed E-state index contributed by atoms with van der Waals surface area (Å²) in [6.45, 7) is -0.179. The Kier molecular flexibility index (Phi) is 3.47. The number of fused-ring (bicyclic) bond motifs is 1. The van der Waals surface area contributed by atoms with E-state index < -0.39 is 17.4 Å². The summed E-state index contributed by atoms with van der Waals surface area (Å²) in [4.78, 5) is 32.7. The molecule has 0 spiro atoms. The maximum Gasteiger partial charge on any atom is 0.308 e. The number of aromatic nitrogens is 4. The van der Waals surface area contributed by atoms with Gasteiger partial charge in [-0.25, -0.2) is 4.98 Å². The van der Waals surface area contributed by atoms with Gasteiger partial charge in [-0.15, -0.1) is 0 Å². The van der Waals surface area contributed by atoms with Crippen molar-refractivity contribution in [3.05, 3.63) is 16.7 Å². The van der Waals surface area contributed by atoms with E-state index in [1.165, 1.54) is 10.9 Å². The lowest BCUT2D eigenvalue weighted by atomic mass is 10.1. The molecule has 9 nitrogen and oxygen atoms in total. The molecule has 19 heavy (non-hydrogen) atoms. The molecule has 0 bridgehead atoms. The minimum Gasteiger partial charge on any atom is -0.481 e. The Morgan fingerprint density at radius 1 is 1.58 bits per heavy atom. The van der Waals surface area contributed by atoms with E-state index in [1.54, 1.807) is 0 Å². The highest BCUT2D eigenvalue weighted by molar-refractivity contribution is 5.72. The van der Waals surface area contributed by atoms with E-state index in [2.05, 4.69) is 15.0 Å². The number of aromatic amines is 1. The van der Waals surface area contributed by atoms with E-state index in [0.717, 1.165) is 0 Å². The number of aliphatic hydroxyl groups is 1. The van der Waals surface area contributed by atoms with Crippen molar-refractivity contribution in [2.45, 2.75) is 13.0 Å². The molecule has 0 saturated carbocycles. The number of aliphatic carboxylic acids is 1. The van der Waals surface area contributed by atoms with Gasteiger partial charge in [0.2, 0.25) is 5.95 Å². The highest BCUT2D eigenvalue weighted by Gasteiger charge is 2.19. The van der Waals surface area contributed by atoms with Crippen LogP contribution >= 0.6 is 0 Å². The zero-order valence-corrected chi connectivity index (χ0v) is 9.91. The lowest BCUT2D eigenvalue weighted by Gasteiger charge is -2.11. The molecular weight excluding hydrogens is 254 g/mol. The Hall–Kier alpha value is -2.42. The van der Waals surface area contributed by atoms with Gasteiger partial charge in [-0.2, -0.15) is 4.98 Å². The second kappa shape index (κ2) is 5.06. The monoisotopic (exact) mass is 267 g/mol. The molecule has 0 fully saturated rings. The summed E-state index contributed by atoms with van der Waals surface area (Å²) in [5.74, 6) is -1.88. The maximum atomic E-state index is 11.6. The van der Waals surface area contributed by atoms with Crippen LogP contribution in [0.4, 0.5) is 5.95 Å². The van der Waals surface area contributed by atoms with E-state index in [4.69, 9.17) is 15.9 Å². The van der Waals surface area contributed by atoms with Gasteiger partial charge in [-0.3, -0.25) is 14.6 Å². The first-order chi connectivity index (χ1) is 9.02. The first-order valence-corrected chi connectivity index (χ1v) is 5.57. The van der Waals surface area contributed by atoms with Gasteiger partial charge >= 0.3 is 5.97 Å². The summed E-state index contributed by atoms with van der Waals surface area (Å²) in [5.41, 5.74) is 5.29. The summed E-state index contributed by atoms with van der Waals surface area (Å²) in [6, 6.07) is 0. The van der Waals surface area contributed by atoms with Crippen molar-refractivity contribution >= 4 is 23.1 Å².